The monoisotopic (exact) mass is 245 g/mol. The second-order valence-electron chi connectivity index (χ2n) is 4.86. The highest BCUT2D eigenvalue weighted by Gasteiger charge is 2.26. The number of benzene rings is 1. The number of anilines is 1. The summed E-state index contributed by atoms with van der Waals surface area (Å²) in [5.41, 5.74) is 7.13. The van der Waals surface area contributed by atoms with E-state index in [2.05, 4.69) is 4.98 Å². The quantitative estimate of drug-likeness (QED) is 0.751. The normalized spacial score (nSPS) is 16.4. The van der Waals surface area contributed by atoms with Gasteiger partial charge in [0, 0.05) is 11.6 Å². The summed E-state index contributed by atoms with van der Waals surface area (Å²) in [5, 5.41) is 0. The molecule has 0 saturated heterocycles. The molecule has 2 aromatic rings. The van der Waals surface area contributed by atoms with Gasteiger partial charge in [-0.1, -0.05) is 12.8 Å². The van der Waals surface area contributed by atoms with E-state index < -0.39 is 0 Å². The van der Waals surface area contributed by atoms with Gasteiger partial charge in [0.25, 0.3) is 0 Å². The lowest BCUT2D eigenvalue weighted by atomic mass is 10.1. The van der Waals surface area contributed by atoms with Crippen LogP contribution in [0.5, 0.6) is 0 Å². The molecule has 1 saturated carbocycles. The van der Waals surface area contributed by atoms with Crippen molar-refractivity contribution < 1.29 is 4.79 Å². The van der Waals surface area contributed by atoms with E-state index in [9.17, 15) is 9.59 Å². The average Bonchev–Trinajstić information content (AvgIpc) is 2.94. The zero-order valence-electron chi connectivity index (χ0n) is 9.98. The number of aromatic nitrogens is 2. The van der Waals surface area contributed by atoms with Crippen LogP contribution >= 0.6 is 0 Å². The number of fused-ring (bicyclic) bond motifs is 1. The Hall–Kier alpha value is -2.04. The van der Waals surface area contributed by atoms with E-state index in [0.717, 1.165) is 25.7 Å². The van der Waals surface area contributed by atoms with E-state index >= 15 is 0 Å². The first kappa shape index (κ1) is 11.1. The minimum absolute atomic E-state index is 0.0249. The maximum atomic E-state index is 12.4. The van der Waals surface area contributed by atoms with Gasteiger partial charge in [0.05, 0.1) is 11.0 Å². The van der Waals surface area contributed by atoms with Crippen molar-refractivity contribution in [2.24, 2.45) is 5.92 Å². The second-order valence-corrected chi connectivity index (χ2v) is 4.86. The van der Waals surface area contributed by atoms with Gasteiger partial charge in [0.2, 0.25) is 5.91 Å². The molecule has 1 aliphatic carbocycles. The van der Waals surface area contributed by atoms with Crippen LogP contribution in [-0.2, 0) is 0 Å². The van der Waals surface area contributed by atoms with Gasteiger partial charge in [-0.25, -0.2) is 9.36 Å². The van der Waals surface area contributed by atoms with Crippen LogP contribution in [0.2, 0.25) is 0 Å². The zero-order valence-corrected chi connectivity index (χ0v) is 9.98. The molecule has 1 aromatic carbocycles. The van der Waals surface area contributed by atoms with Crippen molar-refractivity contribution in [1.82, 2.24) is 9.55 Å². The van der Waals surface area contributed by atoms with E-state index in [0.29, 0.717) is 16.7 Å². The van der Waals surface area contributed by atoms with Crippen molar-refractivity contribution >= 4 is 22.6 Å². The third-order valence-electron chi connectivity index (χ3n) is 3.63. The Kier molecular flexibility index (Phi) is 2.47. The fourth-order valence-corrected chi connectivity index (χ4v) is 2.69. The summed E-state index contributed by atoms with van der Waals surface area (Å²) in [6.45, 7) is 0. The molecule has 5 nitrogen and oxygen atoms in total. The number of nitrogens with two attached hydrogens (primary N) is 1. The van der Waals surface area contributed by atoms with E-state index in [4.69, 9.17) is 5.73 Å². The fraction of sp³-hybridized carbons (Fsp3) is 0.385. The van der Waals surface area contributed by atoms with Crippen molar-refractivity contribution in [3.8, 4) is 0 Å². The molecule has 0 spiro atoms. The molecular weight excluding hydrogens is 230 g/mol. The number of hydrogen-bond donors (Lipinski definition) is 2. The van der Waals surface area contributed by atoms with E-state index in [-0.39, 0.29) is 17.5 Å². The Morgan fingerprint density at radius 1 is 1.33 bits per heavy atom. The zero-order chi connectivity index (χ0) is 12.7. The van der Waals surface area contributed by atoms with Crippen LogP contribution < -0.4 is 11.4 Å². The van der Waals surface area contributed by atoms with Gasteiger partial charge in [-0.05, 0) is 31.0 Å². The molecule has 0 aliphatic heterocycles. The van der Waals surface area contributed by atoms with E-state index in [1.807, 2.05) is 0 Å². The van der Waals surface area contributed by atoms with Crippen LogP contribution in [0.3, 0.4) is 0 Å². The molecule has 0 amide bonds. The maximum absolute atomic E-state index is 12.4. The van der Waals surface area contributed by atoms with Gasteiger partial charge in [-0.15, -0.1) is 0 Å². The number of carbonyl (C=O) groups excluding carboxylic acids is 1. The molecule has 1 fully saturated rings. The summed E-state index contributed by atoms with van der Waals surface area (Å²) >= 11 is 0. The van der Waals surface area contributed by atoms with Crippen LogP contribution in [0.1, 0.15) is 30.5 Å². The largest absolute Gasteiger partial charge is 0.399 e. The van der Waals surface area contributed by atoms with Crippen molar-refractivity contribution in [3.63, 3.8) is 0 Å². The summed E-state index contributed by atoms with van der Waals surface area (Å²) in [6, 6.07) is 5.10. The molecule has 0 unspecified atom stereocenters. The molecule has 1 aliphatic rings. The van der Waals surface area contributed by atoms with Gasteiger partial charge in [-0.2, -0.15) is 0 Å². The minimum Gasteiger partial charge on any atom is -0.399 e. The number of H-pyrrole nitrogens is 1. The number of nitrogens with zero attached hydrogens (tertiary/aromatic N) is 1. The highest BCUT2D eigenvalue weighted by Crippen LogP contribution is 2.27. The van der Waals surface area contributed by atoms with Crippen molar-refractivity contribution in [2.45, 2.75) is 25.7 Å². The maximum Gasteiger partial charge on any atom is 0.333 e. The summed E-state index contributed by atoms with van der Waals surface area (Å²) < 4.78 is 1.24. The highest BCUT2D eigenvalue weighted by atomic mass is 16.2. The third kappa shape index (κ3) is 1.63. The fourth-order valence-electron chi connectivity index (χ4n) is 2.69. The third-order valence-corrected chi connectivity index (χ3v) is 3.63. The predicted molar refractivity (Wildman–Crippen MR) is 69.6 cm³/mol. The van der Waals surface area contributed by atoms with Crippen LogP contribution in [0, 0.1) is 5.92 Å². The Balaban J connectivity index is 2.15. The lowest BCUT2D eigenvalue weighted by molar-refractivity contribution is 0.0838. The van der Waals surface area contributed by atoms with Crippen molar-refractivity contribution in [1.29, 1.82) is 0 Å². The van der Waals surface area contributed by atoms with Crippen LogP contribution in [-0.4, -0.2) is 15.5 Å². The van der Waals surface area contributed by atoms with Gasteiger partial charge >= 0.3 is 5.69 Å². The summed E-state index contributed by atoms with van der Waals surface area (Å²) in [6.07, 6.45) is 3.88. The molecule has 18 heavy (non-hydrogen) atoms. The van der Waals surface area contributed by atoms with Crippen LogP contribution in [0.15, 0.2) is 23.0 Å². The number of hydrogen-bond acceptors (Lipinski definition) is 3. The average molecular weight is 245 g/mol. The van der Waals surface area contributed by atoms with Gasteiger partial charge < -0.3 is 10.7 Å². The Labute approximate surface area is 104 Å². The summed E-state index contributed by atoms with van der Waals surface area (Å²) in [7, 11) is 0. The number of nitrogen functional groups attached to an aromatic ring is 1. The lowest BCUT2D eigenvalue weighted by Gasteiger charge is -2.08. The van der Waals surface area contributed by atoms with Crippen molar-refractivity contribution in [2.75, 3.05) is 5.73 Å². The molecule has 0 radical (unpaired) electrons. The Morgan fingerprint density at radius 2 is 2.06 bits per heavy atom. The van der Waals surface area contributed by atoms with E-state index in [1.54, 1.807) is 18.2 Å². The minimum atomic E-state index is -0.368. The number of imidazole rings is 1. The lowest BCUT2D eigenvalue weighted by Crippen LogP contribution is -2.28. The molecule has 94 valence electrons. The number of nitrogens with one attached hydrogen (secondary N) is 1. The first-order valence-corrected chi connectivity index (χ1v) is 6.21. The number of carbonyl (C=O) groups is 1. The predicted octanol–water partition coefficient (Wildman–Crippen LogP) is 1.74. The van der Waals surface area contributed by atoms with Gasteiger partial charge in [-0.3, -0.25) is 4.79 Å². The molecule has 3 rings (SSSR count). The first-order valence-electron chi connectivity index (χ1n) is 6.21. The molecule has 0 atom stereocenters. The topological polar surface area (TPSA) is 80.9 Å². The summed E-state index contributed by atoms with van der Waals surface area (Å²) in [4.78, 5) is 26.9. The smallest absolute Gasteiger partial charge is 0.333 e. The SMILES string of the molecule is Nc1ccc2[nH]c(=O)n(C(=O)C3CCCC3)c2c1. The molecule has 3 N–H and O–H groups in total. The van der Waals surface area contributed by atoms with Crippen molar-refractivity contribution in [3.05, 3.63) is 28.7 Å². The van der Waals surface area contributed by atoms with Crippen LogP contribution in [0.25, 0.3) is 11.0 Å². The van der Waals surface area contributed by atoms with E-state index in [1.165, 1.54) is 4.57 Å². The molecular formula is C13H15N3O2. The van der Waals surface area contributed by atoms with Crippen LogP contribution in [0.4, 0.5) is 5.69 Å². The molecule has 5 heteroatoms. The first-order chi connectivity index (χ1) is 8.66. The number of aromatic amines is 1. The van der Waals surface area contributed by atoms with Gasteiger partial charge in [0.15, 0.2) is 0 Å². The molecule has 1 heterocycles. The standard InChI is InChI=1S/C13H15N3O2/c14-9-5-6-10-11(7-9)16(13(18)15-10)12(17)8-3-1-2-4-8/h5-8H,1-4,14H2,(H,15,18). The number of rotatable bonds is 1. The highest BCUT2D eigenvalue weighted by molar-refractivity contribution is 5.92. The van der Waals surface area contributed by atoms with Gasteiger partial charge in [0.1, 0.15) is 0 Å². The second kappa shape index (κ2) is 4.01. The summed E-state index contributed by atoms with van der Waals surface area (Å²) in [5.74, 6) is -0.127. The Bertz CT molecular complexity index is 662. The Morgan fingerprint density at radius 3 is 2.78 bits per heavy atom. The molecule has 0 bridgehead atoms. The molecule has 1 aromatic heterocycles.